The number of anilines is 1. The number of esters is 1. The van der Waals surface area contributed by atoms with Gasteiger partial charge in [-0.25, -0.2) is 4.79 Å². The first-order chi connectivity index (χ1) is 10.9. The summed E-state index contributed by atoms with van der Waals surface area (Å²) in [6.45, 7) is -0.548. The number of nitrogens with one attached hydrogen (secondary N) is 2. The summed E-state index contributed by atoms with van der Waals surface area (Å²) < 4.78 is 4.82. The van der Waals surface area contributed by atoms with E-state index in [0.29, 0.717) is 5.02 Å². The van der Waals surface area contributed by atoms with Gasteiger partial charge in [-0.1, -0.05) is 34.8 Å². The van der Waals surface area contributed by atoms with Crippen molar-refractivity contribution in [2.24, 2.45) is 0 Å². The van der Waals surface area contributed by atoms with E-state index < -0.39 is 18.5 Å². The zero-order valence-electron chi connectivity index (χ0n) is 11.4. The Bertz CT molecular complexity index is 776. The summed E-state index contributed by atoms with van der Waals surface area (Å²) in [6, 6.07) is 5.28. The first kappa shape index (κ1) is 17.3. The third kappa shape index (κ3) is 4.72. The van der Waals surface area contributed by atoms with Gasteiger partial charge in [0.15, 0.2) is 6.61 Å². The van der Waals surface area contributed by atoms with Crippen molar-refractivity contribution in [2.75, 3.05) is 11.9 Å². The fourth-order valence-electron chi connectivity index (χ4n) is 1.59. The molecule has 0 aliphatic heterocycles. The minimum Gasteiger partial charge on any atom is -0.452 e. The molecule has 1 aromatic heterocycles. The van der Waals surface area contributed by atoms with Gasteiger partial charge >= 0.3 is 5.97 Å². The standard InChI is InChI=1S/C14H9Cl3N2O4/c15-8-3-9(16)13(10(17)4-8)19-12(21)6-23-14(22)7-1-2-11(20)18-5-7/h1-5H,6H2,(H,18,20)(H,19,21). The maximum absolute atomic E-state index is 11.8. The van der Waals surface area contributed by atoms with Crippen LogP contribution in [-0.2, 0) is 9.53 Å². The lowest BCUT2D eigenvalue weighted by molar-refractivity contribution is -0.119. The first-order valence-corrected chi connectivity index (χ1v) is 7.30. The van der Waals surface area contributed by atoms with E-state index in [9.17, 15) is 14.4 Å². The number of halogens is 3. The summed E-state index contributed by atoms with van der Waals surface area (Å²) in [6.07, 6.45) is 1.19. The highest BCUT2D eigenvalue weighted by Crippen LogP contribution is 2.33. The number of hydrogen-bond acceptors (Lipinski definition) is 4. The Balaban J connectivity index is 1.97. The molecular weight excluding hydrogens is 367 g/mol. The van der Waals surface area contributed by atoms with E-state index in [1.54, 1.807) is 0 Å². The van der Waals surface area contributed by atoms with Crippen molar-refractivity contribution in [3.8, 4) is 0 Å². The molecule has 120 valence electrons. The number of aromatic amines is 1. The van der Waals surface area contributed by atoms with Crippen molar-refractivity contribution in [3.05, 3.63) is 61.4 Å². The molecule has 0 atom stereocenters. The van der Waals surface area contributed by atoms with Gasteiger partial charge in [0.2, 0.25) is 5.56 Å². The minimum atomic E-state index is -0.760. The topological polar surface area (TPSA) is 88.3 Å². The van der Waals surface area contributed by atoms with Crippen LogP contribution in [0.3, 0.4) is 0 Å². The Kier molecular flexibility index (Phi) is 5.65. The van der Waals surface area contributed by atoms with Crippen LogP contribution in [0.1, 0.15) is 10.4 Å². The number of amides is 1. The highest BCUT2D eigenvalue weighted by molar-refractivity contribution is 6.42. The number of benzene rings is 1. The van der Waals surface area contributed by atoms with Crippen molar-refractivity contribution in [1.82, 2.24) is 4.98 Å². The van der Waals surface area contributed by atoms with Gasteiger partial charge in [-0.15, -0.1) is 0 Å². The maximum atomic E-state index is 11.8. The van der Waals surface area contributed by atoms with Crippen LogP contribution in [0.5, 0.6) is 0 Å². The molecular formula is C14H9Cl3N2O4. The molecule has 0 aliphatic carbocycles. The van der Waals surface area contributed by atoms with E-state index >= 15 is 0 Å². The van der Waals surface area contributed by atoms with Crippen LogP contribution in [0.15, 0.2) is 35.3 Å². The third-order valence-corrected chi connectivity index (χ3v) is 3.44. The molecule has 1 heterocycles. The molecule has 6 nitrogen and oxygen atoms in total. The maximum Gasteiger partial charge on any atom is 0.340 e. The largest absolute Gasteiger partial charge is 0.452 e. The lowest BCUT2D eigenvalue weighted by Gasteiger charge is -2.10. The zero-order chi connectivity index (χ0) is 17.0. The lowest BCUT2D eigenvalue weighted by atomic mass is 10.3. The van der Waals surface area contributed by atoms with Gasteiger partial charge in [-0.3, -0.25) is 9.59 Å². The van der Waals surface area contributed by atoms with Crippen LogP contribution in [0, 0.1) is 0 Å². The summed E-state index contributed by atoms with van der Waals surface area (Å²) >= 11 is 17.6. The minimum absolute atomic E-state index is 0.111. The molecule has 0 saturated carbocycles. The highest BCUT2D eigenvalue weighted by Gasteiger charge is 2.14. The number of rotatable bonds is 4. The number of carbonyl (C=O) groups excluding carboxylic acids is 2. The predicted octanol–water partition coefficient (Wildman–Crippen LogP) is 3.13. The van der Waals surface area contributed by atoms with Crippen molar-refractivity contribution < 1.29 is 14.3 Å². The zero-order valence-corrected chi connectivity index (χ0v) is 13.6. The molecule has 9 heteroatoms. The second-order valence-electron chi connectivity index (χ2n) is 4.31. The molecule has 0 unspecified atom stereocenters. The second-order valence-corrected chi connectivity index (χ2v) is 5.56. The summed E-state index contributed by atoms with van der Waals surface area (Å²) in [7, 11) is 0. The number of H-pyrrole nitrogens is 1. The smallest absolute Gasteiger partial charge is 0.340 e. The van der Waals surface area contributed by atoms with E-state index in [1.165, 1.54) is 30.5 Å². The first-order valence-electron chi connectivity index (χ1n) is 6.17. The molecule has 0 radical (unpaired) electrons. The van der Waals surface area contributed by atoms with Crippen molar-refractivity contribution >= 4 is 52.4 Å². The molecule has 0 fully saturated rings. The Hall–Kier alpha value is -2.02. The number of hydrogen-bond donors (Lipinski definition) is 2. The quantitative estimate of drug-likeness (QED) is 0.804. The van der Waals surface area contributed by atoms with Crippen LogP contribution in [0.2, 0.25) is 15.1 Å². The Labute approximate surface area is 145 Å². The molecule has 2 rings (SSSR count). The van der Waals surface area contributed by atoms with Gasteiger partial charge in [-0.05, 0) is 18.2 Å². The summed E-state index contributed by atoms with van der Waals surface area (Å²) in [4.78, 5) is 36.7. The molecule has 0 bridgehead atoms. The summed E-state index contributed by atoms with van der Waals surface area (Å²) in [5.41, 5.74) is -0.0749. The van der Waals surface area contributed by atoms with Crippen LogP contribution in [0.4, 0.5) is 5.69 Å². The van der Waals surface area contributed by atoms with E-state index in [-0.39, 0.29) is 26.9 Å². The SMILES string of the molecule is O=C(COC(=O)c1ccc(=O)[nH]c1)Nc1c(Cl)cc(Cl)cc1Cl. The third-order valence-electron chi connectivity index (χ3n) is 2.63. The number of aromatic nitrogens is 1. The molecule has 23 heavy (non-hydrogen) atoms. The van der Waals surface area contributed by atoms with E-state index in [0.717, 1.165) is 0 Å². The van der Waals surface area contributed by atoms with E-state index in [4.69, 9.17) is 39.5 Å². The average molecular weight is 376 g/mol. The van der Waals surface area contributed by atoms with Crippen LogP contribution in [-0.4, -0.2) is 23.5 Å². The van der Waals surface area contributed by atoms with Crippen molar-refractivity contribution in [3.63, 3.8) is 0 Å². The van der Waals surface area contributed by atoms with E-state index in [1.807, 2.05) is 0 Å². The van der Waals surface area contributed by atoms with Crippen LogP contribution >= 0.6 is 34.8 Å². The number of carbonyl (C=O) groups is 2. The van der Waals surface area contributed by atoms with Gasteiger partial charge < -0.3 is 15.0 Å². The highest BCUT2D eigenvalue weighted by atomic mass is 35.5. The summed E-state index contributed by atoms with van der Waals surface area (Å²) in [5, 5.41) is 3.06. The fourth-order valence-corrected chi connectivity index (χ4v) is 2.50. The Morgan fingerprint density at radius 2 is 1.78 bits per heavy atom. The van der Waals surface area contributed by atoms with Crippen molar-refractivity contribution in [2.45, 2.75) is 0 Å². The van der Waals surface area contributed by atoms with E-state index in [2.05, 4.69) is 10.3 Å². The molecule has 1 aromatic carbocycles. The van der Waals surface area contributed by atoms with Gasteiger partial charge in [0.25, 0.3) is 5.91 Å². The Morgan fingerprint density at radius 1 is 1.13 bits per heavy atom. The Morgan fingerprint density at radius 3 is 2.35 bits per heavy atom. The number of pyridine rings is 1. The normalized spacial score (nSPS) is 10.2. The lowest BCUT2D eigenvalue weighted by Crippen LogP contribution is -2.21. The number of ether oxygens (including phenoxy) is 1. The fraction of sp³-hybridized carbons (Fsp3) is 0.0714. The van der Waals surface area contributed by atoms with Crippen LogP contribution < -0.4 is 10.9 Å². The second kappa shape index (κ2) is 7.50. The van der Waals surface area contributed by atoms with Gasteiger partial charge in [0.1, 0.15) is 0 Å². The van der Waals surface area contributed by atoms with Gasteiger partial charge in [0, 0.05) is 17.3 Å². The molecule has 0 aliphatic rings. The van der Waals surface area contributed by atoms with Crippen LogP contribution in [0.25, 0.3) is 0 Å². The van der Waals surface area contributed by atoms with Gasteiger partial charge in [0.05, 0.1) is 21.3 Å². The molecule has 1 amide bonds. The monoisotopic (exact) mass is 374 g/mol. The molecule has 0 saturated heterocycles. The van der Waals surface area contributed by atoms with Crippen molar-refractivity contribution in [1.29, 1.82) is 0 Å². The molecule has 2 N–H and O–H groups in total. The predicted molar refractivity (Wildman–Crippen MR) is 87.4 cm³/mol. The summed E-state index contributed by atoms with van der Waals surface area (Å²) in [5.74, 6) is -1.39. The van der Waals surface area contributed by atoms with Gasteiger partial charge in [-0.2, -0.15) is 0 Å². The molecule has 0 spiro atoms. The molecule has 2 aromatic rings. The average Bonchev–Trinajstić information content (AvgIpc) is 2.49.